The first kappa shape index (κ1) is 22.5. The van der Waals surface area contributed by atoms with E-state index >= 15 is 0 Å². The Morgan fingerprint density at radius 1 is 1.13 bits per heavy atom. The lowest BCUT2D eigenvalue weighted by Crippen LogP contribution is -2.47. The summed E-state index contributed by atoms with van der Waals surface area (Å²) in [6, 6.07) is 14.4. The number of thiocarbonyl (C=S) groups is 1. The molecule has 0 aliphatic carbocycles. The number of allylic oxidation sites excluding steroid dienone is 1. The number of esters is 1. The van der Waals surface area contributed by atoms with Crippen LogP contribution in [0.3, 0.4) is 0 Å². The summed E-state index contributed by atoms with van der Waals surface area (Å²) < 4.78 is 5.32. The lowest BCUT2D eigenvalue weighted by atomic mass is 9.94. The van der Waals surface area contributed by atoms with Crippen molar-refractivity contribution in [3.05, 3.63) is 76.5 Å². The zero-order valence-electron chi connectivity index (χ0n) is 18.2. The number of benzene rings is 2. The third-order valence-corrected chi connectivity index (χ3v) is 5.61. The number of rotatable bonds is 6. The number of carbonyl (C=O) groups is 2. The van der Waals surface area contributed by atoms with Gasteiger partial charge in [-0.3, -0.25) is 4.79 Å². The molecule has 1 unspecified atom stereocenters. The maximum absolute atomic E-state index is 12.8. The van der Waals surface area contributed by atoms with Crippen LogP contribution in [0.4, 0.5) is 5.69 Å². The number of hydrogen-bond donors (Lipinski definition) is 2. The van der Waals surface area contributed by atoms with Crippen molar-refractivity contribution >= 4 is 34.9 Å². The summed E-state index contributed by atoms with van der Waals surface area (Å²) in [6.45, 7) is 8.45. The first-order valence-corrected chi connectivity index (χ1v) is 10.7. The molecule has 0 radical (unpaired) electrons. The van der Waals surface area contributed by atoms with Crippen LogP contribution in [0.15, 0.2) is 59.8 Å². The van der Waals surface area contributed by atoms with Crippen molar-refractivity contribution in [3.63, 3.8) is 0 Å². The quantitative estimate of drug-likeness (QED) is 0.518. The van der Waals surface area contributed by atoms with E-state index in [1.54, 1.807) is 13.0 Å². The standard InChI is InChI=1S/C24H27N3O3S/c1-5-27-16(4)20(23(29)30-6-2)21(26-24(27)31)17-11-9-12-18(14-17)25-22(28)19-13-8-7-10-15(19)3/h7-14,21H,5-6H2,1-4H3,(H,25,28)(H,26,31). The molecule has 6 nitrogen and oxygen atoms in total. The van der Waals surface area contributed by atoms with Crippen LogP contribution >= 0.6 is 12.2 Å². The first-order chi connectivity index (χ1) is 14.9. The maximum Gasteiger partial charge on any atom is 0.338 e. The fraction of sp³-hybridized carbons (Fsp3) is 0.292. The van der Waals surface area contributed by atoms with Crippen LogP contribution in [-0.4, -0.2) is 35.0 Å². The Hall–Kier alpha value is -3.19. The van der Waals surface area contributed by atoms with Gasteiger partial charge in [0.05, 0.1) is 18.2 Å². The molecule has 7 heteroatoms. The average Bonchev–Trinajstić information content (AvgIpc) is 2.74. The predicted molar refractivity (Wildman–Crippen MR) is 126 cm³/mol. The lowest BCUT2D eigenvalue weighted by molar-refractivity contribution is -0.139. The van der Waals surface area contributed by atoms with E-state index in [2.05, 4.69) is 10.6 Å². The van der Waals surface area contributed by atoms with Crippen LogP contribution in [0, 0.1) is 6.92 Å². The van der Waals surface area contributed by atoms with Gasteiger partial charge < -0.3 is 20.3 Å². The van der Waals surface area contributed by atoms with Crippen LogP contribution < -0.4 is 10.6 Å². The molecule has 1 heterocycles. The van der Waals surface area contributed by atoms with E-state index in [-0.39, 0.29) is 18.5 Å². The fourth-order valence-electron chi connectivity index (χ4n) is 3.71. The molecular formula is C24H27N3O3S. The van der Waals surface area contributed by atoms with Gasteiger partial charge in [-0.15, -0.1) is 0 Å². The van der Waals surface area contributed by atoms with Crippen molar-refractivity contribution in [1.29, 1.82) is 0 Å². The van der Waals surface area contributed by atoms with Crippen LogP contribution in [0.2, 0.25) is 0 Å². The monoisotopic (exact) mass is 437 g/mol. The summed E-state index contributed by atoms with van der Waals surface area (Å²) in [6.07, 6.45) is 0. The van der Waals surface area contributed by atoms with Crippen molar-refractivity contribution < 1.29 is 14.3 Å². The van der Waals surface area contributed by atoms with Gasteiger partial charge in [-0.05, 0) is 69.2 Å². The number of carbonyl (C=O) groups excluding carboxylic acids is 2. The molecule has 0 saturated heterocycles. The molecule has 2 aromatic carbocycles. The highest BCUT2D eigenvalue weighted by Gasteiger charge is 2.34. The van der Waals surface area contributed by atoms with Crippen LogP contribution in [-0.2, 0) is 9.53 Å². The highest BCUT2D eigenvalue weighted by Crippen LogP contribution is 2.32. The summed E-state index contributed by atoms with van der Waals surface area (Å²) >= 11 is 5.52. The molecule has 162 valence electrons. The van der Waals surface area contributed by atoms with Gasteiger partial charge in [-0.2, -0.15) is 0 Å². The van der Waals surface area contributed by atoms with Gasteiger partial charge in [0.2, 0.25) is 0 Å². The van der Waals surface area contributed by atoms with Crippen molar-refractivity contribution in [2.75, 3.05) is 18.5 Å². The van der Waals surface area contributed by atoms with E-state index < -0.39 is 6.04 Å². The van der Waals surface area contributed by atoms with E-state index in [0.29, 0.717) is 28.5 Å². The number of nitrogens with zero attached hydrogens (tertiary/aromatic N) is 1. The van der Waals surface area contributed by atoms with E-state index in [9.17, 15) is 9.59 Å². The Bertz CT molecular complexity index is 1050. The van der Waals surface area contributed by atoms with Crippen LogP contribution in [0.25, 0.3) is 0 Å². The molecular weight excluding hydrogens is 410 g/mol. The van der Waals surface area contributed by atoms with Crippen molar-refractivity contribution in [1.82, 2.24) is 10.2 Å². The molecule has 1 amide bonds. The second kappa shape index (κ2) is 9.75. The molecule has 1 aliphatic heterocycles. The Morgan fingerprint density at radius 3 is 2.55 bits per heavy atom. The second-order valence-electron chi connectivity index (χ2n) is 7.24. The van der Waals surface area contributed by atoms with Gasteiger partial charge in [0.25, 0.3) is 5.91 Å². The van der Waals surface area contributed by atoms with E-state index in [1.807, 2.05) is 68.1 Å². The summed E-state index contributed by atoms with van der Waals surface area (Å²) in [4.78, 5) is 27.4. The number of anilines is 1. The zero-order valence-corrected chi connectivity index (χ0v) is 19.0. The largest absolute Gasteiger partial charge is 0.463 e. The van der Waals surface area contributed by atoms with Crippen molar-refractivity contribution in [2.24, 2.45) is 0 Å². The van der Waals surface area contributed by atoms with Crippen LogP contribution in [0.5, 0.6) is 0 Å². The second-order valence-corrected chi connectivity index (χ2v) is 7.63. The minimum Gasteiger partial charge on any atom is -0.463 e. The Balaban J connectivity index is 1.95. The first-order valence-electron chi connectivity index (χ1n) is 10.3. The topological polar surface area (TPSA) is 70.7 Å². The molecule has 31 heavy (non-hydrogen) atoms. The van der Waals surface area contributed by atoms with E-state index in [1.165, 1.54) is 0 Å². The number of amides is 1. The third kappa shape index (κ3) is 4.77. The minimum atomic E-state index is -0.468. The van der Waals surface area contributed by atoms with Gasteiger partial charge in [-0.25, -0.2) is 4.79 Å². The van der Waals surface area contributed by atoms with Gasteiger partial charge in [-0.1, -0.05) is 30.3 Å². The third-order valence-electron chi connectivity index (χ3n) is 5.28. The van der Waals surface area contributed by atoms with Gasteiger partial charge in [0.1, 0.15) is 0 Å². The Kier molecular flexibility index (Phi) is 7.07. The Morgan fingerprint density at radius 2 is 1.87 bits per heavy atom. The molecule has 2 N–H and O–H groups in total. The van der Waals surface area contributed by atoms with E-state index in [4.69, 9.17) is 17.0 Å². The normalized spacial score (nSPS) is 16.1. The number of ether oxygens (including phenoxy) is 1. The Labute approximate surface area is 188 Å². The van der Waals surface area contributed by atoms with Crippen LogP contribution in [0.1, 0.15) is 48.3 Å². The molecule has 1 aliphatic rings. The smallest absolute Gasteiger partial charge is 0.338 e. The van der Waals surface area contributed by atoms with Gasteiger partial charge in [0, 0.05) is 23.5 Å². The summed E-state index contributed by atoms with van der Waals surface area (Å²) in [5.74, 6) is -0.565. The summed E-state index contributed by atoms with van der Waals surface area (Å²) in [7, 11) is 0. The summed E-state index contributed by atoms with van der Waals surface area (Å²) in [5.41, 5.74) is 4.24. The predicted octanol–water partition coefficient (Wildman–Crippen LogP) is 4.34. The molecule has 0 spiro atoms. The van der Waals surface area contributed by atoms with Gasteiger partial charge in [0.15, 0.2) is 5.11 Å². The number of aryl methyl sites for hydroxylation is 1. The molecule has 0 saturated carbocycles. The van der Waals surface area contributed by atoms with Gasteiger partial charge >= 0.3 is 5.97 Å². The molecule has 0 fully saturated rings. The lowest BCUT2D eigenvalue weighted by Gasteiger charge is -2.37. The SMILES string of the molecule is CCOC(=O)C1=C(C)N(CC)C(=S)NC1c1cccc(NC(=O)c2ccccc2C)c1. The van der Waals surface area contributed by atoms with E-state index in [0.717, 1.165) is 16.8 Å². The number of nitrogens with one attached hydrogen (secondary N) is 2. The molecule has 2 aromatic rings. The molecule has 0 aromatic heterocycles. The fourth-order valence-corrected chi connectivity index (χ4v) is 4.09. The average molecular weight is 438 g/mol. The molecule has 0 bridgehead atoms. The summed E-state index contributed by atoms with van der Waals surface area (Å²) in [5, 5.41) is 6.76. The minimum absolute atomic E-state index is 0.183. The molecule has 3 rings (SSSR count). The highest BCUT2D eigenvalue weighted by molar-refractivity contribution is 7.80. The zero-order chi connectivity index (χ0) is 22.5. The number of hydrogen-bond acceptors (Lipinski definition) is 4. The van der Waals surface area contributed by atoms with Crippen molar-refractivity contribution in [3.8, 4) is 0 Å². The van der Waals surface area contributed by atoms with Crippen molar-refractivity contribution in [2.45, 2.75) is 33.7 Å². The highest BCUT2D eigenvalue weighted by atomic mass is 32.1. The maximum atomic E-state index is 12.8. The molecule has 1 atom stereocenters.